The van der Waals surface area contributed by atoms with Gasteiger partial charge in [-0.15, -0.1) is 0 Å². The molecule has 117 heavy (non-hydrogen) atoms. The molecule has 0 saturated carbocycles. The van der Waals surface area contributed by atoms with Crippen molar-refractivity contribution >= 4 is 116 Å². The molecule has 638 valence electrons. The highest BCUT2D eigenvalue weighted by Gasteiger charge is 2.40. The van der Waals surface area contributed by atoms with E-state index in [1.54, 1.807) is 74.8 Å². The van der Waals surface area contributed by atoms with E-state index < -0.39 is 199 Å². The molecule has 12 unspecified atom stereocenters. The first kappa shape index (κ1) is 93.8. The van der Waals surface area contributed by atoms with Crippen molar-refractivity contribution < 1.29 is 86.6 Å². The van der Waals surface area contributed by atoms with E-state index in [0.717, 1.165) is 19.3 Å². The Balaban J connectivity index is 1.23. The number of fused-ring (bicyclic) bond motifs is 2. The zero-order valence-electron chi connectivity index (χ0n) is 66.6. The van der Waals surface area contributed by atoms with Gasteiger partial charge in [-0.1, -0.05) is 102 Å². The maximum absolute atomic E-state index is 15.0. The minimum absolute atomic E-state index is 0.00142. The van der Waals surface area contributed by atoms with Crippen LogP contribution in [0.4, 0.5) is 0 Å². The zero-order chi connectivity index (χ0) is 85.8. The highest BCUT2D eigenvalue weighted by Crippen LogP contribution is 2.23. The second-order valence-electron chi connectivity index (χ2n) is 29.5. The Morgan fingerprint density at radius 3 is 1.54 bits per heavy atom. The van der Waals surface area contributed by atoms with Gasteiger partial charge in [-0.05, 0) is 124 Å². The van der Waals surface area contributed by atoms with Crippen molar-refractivity contribution in [2.75, 3.05) is 39.3 Å². The van der Waals surface area contributed by atoms with Crippen LogP contribution in [0.5, 0.6) is 5.75 Å². The van der Waals surface area contributed by atoms with Gasteiger partial charge in [0.05, 0.1) is 25.9 Å². The van der Waals surface area contributed by atoms with Gasteiger partial charge in [-0.2, -0.15) is 0 Å². The third kappa shape index (κ3) is 30.9. The van der Waals surface area contributed by atoms with E-state index in [1.807, 2.05) is 0 Å². The molecule has 1 saturated heterocycles. The van der Waals surface area contributed by atoms with Gasteiger partial charge in [0.2, 0.25) is 88.6 Å². The summed E-state index contributed by atoms with van der Waals surface area (Å²) in [6.07, 6.45) is 2.88. The topological polar surface area (TPSA) is 621 Å². The molecule has 6 rings (SSSR count). The number of primary amides is 2. The van der Waals surface area contributed by atoms with Crippen LogP contribution in [0.1, 0.15) is 141 Å². The number of nitrogens with two attached hydrogens (primary N) is 5. The van der Waals surface area contributed by atoms with E-state index in [-0.39, 0.29) is 96.0 Å². The van der Waals surface area contributed by atoms with E-state index in [0.29, 0.717) is 50.8 Å². The van der Waals surface area contributed by atoms with E-state index in [9.17, 15) is 72.2 Å². The zero-order valence-corrected chi connectivity index (χ0v) is 66.6. The van der Waals surface area contributed by atoms with Crippen molar-refractivity contribution in [2.24, 2.45) is 40.5 Å². The van der Waals surface area contributed by atoms with Crippen LogP contribution >= 0.6 is 0 Å². The number of aromatic amines is 2. The maximum Gasteiger partial charge on any atom is 0.325 e. The summed E-state index contributed by atoms with van der Waals surface area (Å²) in [5.74, 6) is -15.5. The van der Waals surface area contributed by atoms with Crippen molar-refractivity contribution in [3.8, 4) is 5.75 Å². The summed E-state index contributed by atoms with van der Waals surface area (Å²) in [7, 11) is 0. The van der Waals surface area contributed by atoms with Gasteiger partial charge in [0, 0.05) is 59.9 Å². The molecule has 12 atom stereocenters. The van der Waals surface area contributed by atoms with Crippen LogP contribution in [0.3, 0.4) is 0 Å². The number of aromatic hydroxyl groups is 1. The lowest BCUT2D eigenvalue weighted by Crippen LogP contribution is -2.63. The molecule has 5 aromatic rings. The lowest BCUT2D eigenvalue weighted by Gasteiger charge is -2.31. The van der Waals surface area contributed by atoms with Crippen molar-refractivity contribution in [1.82, 2.24) is 79.1 Å². The van der Waals surface area contributed by atoms with Gasteiger partial charge in [0.1, 0.15) is 78.8 Å². The van der Waals surface area contributed by atoms with Crippen LogP contribution in [-0.2, 0) is 101 Å². The molecule has 38 heteroatoms. The molecule has 38 nitrogen and oxygen atoms in total. The number of hydrogen-bond donors (Lipinski definition) is 21. The SMILES string of the molecule is CCC(C)C1NC(=O)C(NC(=O)C(Cc2c[nH]c3ccccc23)NC(=O)C(CCCN)NC(=O)CNC(=O)C(CCCN)NC(=O)C(CCCN)NC(=O)C(Cc2c[nH]c3ccccc23)NC(=O)C(Cc2ccc(O)cc2)NC(=O)C(CC(N)=O)NC(=O)CCCCCC(C)C)C(C)OC(=O)CNC(=O)CNC(=O)C(CC(N)=O)NC1=O. The number of phenolic OH excluding ortho intramolecular Hbond substituents is 1. The maximum atomic E-state index is 15.0. The van der Waals surface area contributed by atoms with E-state index in [2.05, 4.69) is 92.9 Å². The number of benzene rings is 3. The van der Waals surface area contributed by atoms with Crippen LogP contribution in [-0.4, -0.2) is 215 Å². The molecule has 3 heterocycles. The molecule has 2 aromatic heterocycles. The average Bonchev–Trinajstić information content (AvgIpc) is 1.73. The summed E-state index contributed by atoms with van der Waals surface area (Å²) in [5, 5.41) is 44.6. The van der Waals surface area contributed by atoms with Gasteiger partial charge in [-0.25, -0.2) is 0 Å². The number of rotatable bonds is 44. The number of hydrogen-bond acceptors (Lipinski definition) is 21. The normalized spacial score (nSPS) is 17.6. The quantitative estimate of drug-likeness (QED) is 0.0138. The predicted octanol–water partition coefficient (Wildman–Crippen LogP) is -2.86. The number of cyclic esters (lactones) is 1. The number of para-hydroxylation sites is 2. The van der Waals surface area contributed by atoms with Crippen LogP contribution < -0.4 is 97.8 Å². The second kappa shape index (κ2) is 47.7. The first-order valence-corrected chi connectivity index (χ1v) is 39.4. The number of aromatic nitrogens is 2. The summed E-state index contributed by atoms with van der Waals surface area (Å²) in [4.78, 5) is 229. The Hall–Kier alpha value is -12.1. The van der Waals surface area contributed by atoms with Gasteiger partial charge >= 0.3 is 5.97 Å². The lowest BCUT2D eigenvalue weighted by atomic mass is 9.96. The molecule has 0 aliphatic carbocycles. The van der Waals surface area contributed by atoms with E-state index in [1.165, 1.54) is 31.2 Å². The number of esters is 1. The summed E-state index contributed by atoms with van der Waals surface area (Å²) in [5.41, 5.74) is 31.6. The summed E-state index contributed by atoms with van der Waals surface area (Å²) >= 11 is 0. The highest BCUT2D eigenvalue weighted by molar-refractivity contribution is 6.01. The third-order valence-corrected chi connectivity index (χ3v) is 19.7. The third-order valence-electron chi connectivity index (χ3n) is 19.7. The Morgan fingerprint density at radius 2 is 1.01 bits per heavy atom. The van der Waals surface area contributed by atoms with Crippen molar-refractivity contribution in [3.05, 3.63) is 102 Å². The fraction of sp³-hybridized carbons (Fsp3) is 0.519. The van der Waals surface area contributed by atoms with Gasteiger partial charge < -0.3 is 118 Å². The van der Waals surface area contributed by atoms with Crippen LogP contribution in [0.2, 0.25) is 0 Å². The standard InChI is InChI=1S/C79H114N20O18/c1-6-44(4)68-78(115)97-60(36-62(83)101)71(108)88-40-65(104)87-42-67(106)117-45(5)69(79(116)98-68)99-77(114)59(35-48-39-86-53-21-13-11-19-51(48)53)95-72(109)55(23-15-31-81)90-66(105)41-89-70(107)54(22-14-30-80)92-73(110)56(24-16-32-82)93-75(112)58(34-47-38-85-52-20-12-10-18-50(47)52)96-74(111)57(33-46-26-28-49(100)29-27-46)94-76(113)61(37-63(84)102)91-64(103)25-9-7-8-17-43(2)3/h10-13,18-21,26-29,38-39,43-45,54-61,68-69,85-86,100H,6-9,14-17,22-25,30-37,40-42,80-82H2,1-5H3,(H2,83,101)(H2,84,102)(H,87,104)(H,88,108)(H,89,107)(H,90,105)(H,91,103)(H,92,110)(H,93,112)(H,94,113)(H,95,109)(H,96,111)(H,97,115)(H,98,116)(H,99,114). The molecule has 0 bridgehead atoms. The summed E-state index contributed by atoms with van der Waals surface area (Å²) < 4.78 is 5.56. The fourth-order valence-corrected chi connectivity index (χ4v) is 13.0. The number of unbranched alkanes of at least 4 members (excludes halogenated alkanes) is 2. The van der Waals surface area contributed by atoms with Crippen LogP contribution in [0, 0.1) is 11.8 Å². The van der Waals surface area contributed by atoms with Crippen LogP contribution in [0.15, 0.2) is 85.2 Å². The second-order valence-corrected chi connectivity index (χ2v) is 29.5. The molecule has 1 aliphatic heterocycles. The van der Waals surface area contributed by atoms with E-state index in [4.69, 9.17) is 33.4 Å². The van der Waals surface area contributed by atoms with Gasteiger partial charge in [0.25, 0.3) is 0 Å². The minimum atomic E-state index is -1.87. The summed E-state index contributed by atoms with van der Waals surface area (Å²) in [6.45, 7) is 6.41. The molecular formula is C79H114N20O18. The van der Waals surface area contributed by atoms with Gasteiger partial charge in [0.15, 0.2) is 0 Å². The van der Waals surface area contributed by atoms with Crippen molar-refractivity contribution in [1.29, 1.82) is 0 Å². The highest BCUT2D eigenvalue weighted by atomic mass is 16.5. The lowest BCUT2D eigenvalue weighted by molar-refractivity contribution is -0.153. The number of carbonyl (C=O) groups excluding carboxylic acids is 16. The number of ether oxygens (including phenoxy) is 1. The number of phenols is 1. The number of H-pyrrole nitrogens is 2. The minimum Gasteiger partial charge on any atom is -0.508 e. The first-order valence-electron chi connectivity index (χ1n) is 39.4. The molecule has 0 radical (unpaired) electrons. The number of carbonyl (C=O) groups is 16. The fourth-order valence-electron chi connectivity index (χ4n) is 13.0. The molecule has 0 spiro atoms. The van der Waals surface area contributed by atoms with Crippen molar-refractivity contribution in [2.45, 2.75) is 210 Å². The Labute approximate surface area is 676 Å². The van der Waals surface area contributed by atoms with Crippen molar-refractivity contribution in [3.63, 3.8) is 0 Å². The molecule has 26 N–H and O–H groups in total. The first-order chi connectivity index (χ1) is 55.8. The van der Waals surface area contributed by atoms with Crippen LogP contribution in [0.25, 0.3) is 21.8 Å². The number of amides is 15. The summed E-state index contributed by atoms with van der Waals surface area (Å²) in [6, 6.07) is 4.21. The Bertz CT molecular complexity index is 4260. The molecule has 1 aliphatic rings. The monoisotopic (exact) mass is 1630 g/mol. The average molecular weight is 1630 g/mol. The smallest absolute Gasteiger partial charge is 0.325 e. The Kier molecular flexibility index (Phi) is 38.2. The van der Waals surface area contributed by atoms with Gasteiger partial charge in [-0.3, -0.25) is 76.7 Å². The molecule has 15 amide bonds. The number of nitrogens with one attached hydrogen (secondary N) is 15. The Morgan fingerprint density at radius 1 is 0.513 bits per heavy atom. The predicted molar refractivity (Wildman–Crippen MR) is 430 cm³/mol. The van der Waals surface area contributed by atoms with E-state index >= 15 is 9.59 Å². The molecular weight excluding hydrogens is 1520 g/mol. The molecule has 3 aromatic carbocycles. The largest absolute Gasteiger partial charge is 0.508 e. The molecule has 1 fully saturated rings.